The van der Waals surface area contributed by atoms with Gasteiger partial charge in [0.05, 0.1) is 4.90 Å². The number of carbonyl (C=O) groups is 1. The number of carbonyl (C=O) groups excluding carboxylic acids is 1. The topological polar surface area (TPSA) is 100 Å². The zero-order valence-electron chi connectivity index (χ0n) is 19.9. The largest absolute Gasteiger partial charge is 0.338 e. The maximum atomic E-state index is 12.9. The summed E-state index contributed by atoms with van der Waals surface area (Å²) in [6.07, 6.45) is 9.23. The molecule has 2 aromatic carbocycles. The van der Waals surface area contributed by atoms with Crippen LogP contribution in [0.4, 0.5) is 4.79 Å². The van der Waals surface area contributed by atoms with Crippen molar-refractivity contribution < 1.29 is 13.2 Å². The second-order valence-electron chi connectivity index (χ2n) is 8.35. The lowest BCUT2D eigenvalue weighted by Gasteiger charge is -2.12. The maximum Gasteiger partial charge on any atom is 0.315 e. The van der Waals surface area contributed by atoms with Gasteiger partial charge in [-0.05, 0) is 36.1 Å². The Morgan fingerprint density at radius 3 is 2.17 bits per heavy atom. The van der Waals surface area contributed by atoms with Crippen LogP contribution in [0.3, 0.4) is 0 Å². The maximum absolute atomic E-state index is 12.9. The van der Waals surface area contributed by atoms with Crippen LogP contribution in [0.15, 0.2) is 84.0 Å². The first-order valence-electron chi connectivity index (χ1n) is 12.1. The quantitative estimate of drug-likeness (QED) is 0.279. The Balaban J connectivity index is 1.25. The molecule has 3 N–H and O–H groups in total. The minimum absolute atomic E-state index is 0.171. The summed E-state index contributed by atoms with van der Waals surface area (Å²) < 4.78 is 28.5. The fraction of sp³-hybridized carbons (Fsp3) is 0.333. The summed E-state index contributed by atoms with van der Waals surface area (Å²) in [4.78, 5) is 16.1. The van der Waals surface area contributed by atoms with Crippen LogP contribution in [-0.2, 0) is 16.6 Å². The second kappa shape index (κ2) is 14.2. The molecular formula is C27H34N4O3S. The molecule has 0 aliphatic rings. The van der Waals surface area contributed by atoms with E-state index < -0.39 is 10.0 Å². The first-order valence-corrected chi connectivity index (χ1v) is 13.6. The molecule has 0 atom stereocenters. The smallest absolute Gasteiger partial charge is 0.315 e. The molecule has 0 saturated carbocycles. The van der Waals surface area contributed by atoms with Gasteiger partial charge in [0.15, 0.2) is 0 Å². The molecule has 0 radical (unpaired) electrons. The Morgan fingerprint density at radius 2 is 1.43 bits per heavy atom. The van der Waals surface area contributed by atoms with Gasteiger partial charge < -0.3 is 10.6 Å². The Bertz CT molecular complexity index is 1140. The Kier molecular flexibility index (Phi) is 10.7. The summed E-state index contributed by atoms with van der Waals surface area (Å²) in [6.45, 7) is 1.52. The summed E-state index contributed by atoms with van der Waals surface area (Å²) in [5.74, 6) is 0. The first-order chi connectivity index (χ1) is 17.1. The highest BCUT2D eigenvalue weighted by atomic mass is 32.2. The minimum atomic E-state index is -3.57. The standard InChI is InChI=1S/C27H34N4O3S/c32-27(30-22-23-13-12-18-28-21-23)29-19-10-3-1-2-4-11-20-31-35(33,34)26-17-9-8-16-25(26)24-14-6-5-7-15-24/h5-9,12-18,21,31H,1-4,10-11,19-20,22H2,(H2,29,30,32). The summed E-state index contributed by atoms with van der Waals surface area (Å²) in [6, 6.07) is 20.2. The predicted octanol–water partition coefficient (Wildman–Crippen LogP) is 4.87. The zero-order valence-corrected chi connectivity index (χ0v) is 20.8. The summed E-state index contributed by atoms with van der Waals surface area (Å²) in [5.41, 5.74) is 2.55. The van der Waals surface area contributed by atoms with Gasteiger partial charge >= 0.3 is 6.03 Å². The number of benzene rings is 2. The molecule has 7 nitrogen and oxygen atoms in total. The molecule has 0 aliphatic heterocycles. The van der Waals surface area contributed by atoms with E-state index in [1.165, 1.54) is 0 Å². The van der Waals surface area contributed by atoms with Gasteiger partial charge in [-0.1, -0.05) is 80.3 Å². The Labute approximate surface area is 208 Å². The van der Waals surface area contributed by atoms with Crippen molar-refractivity contribution in [1.29, 1.82) is 0 Å². The predicted molar refractivity (Wildman–Crippen MR) is 139 cm³/mol. The number of unbranched alkanes of at least 4 members (excludes halogenated alkanes) is 5. The number of nitrogens with one attached hydrogen (secondary N) is 3. The van der Waals surface area contributed by atoms with Crippen molar-refractivity contribution >= 4 is 16.1 Å². The van der Waals surface area contributed by atoms with Crippen LogP contribution in [0.1, 0.15) is 44.1 Å². The van der Waals surface area contributed by atoms with Crippen LogP contribution in [0.5, 0.6) is 0 Å². The van der Waals surface area contributed by atoms with E-state index in [0.29, 0.717) is 30.1 Å². The van der Waals surface area contributed by atoms with Crippen LogP contribution in [0.25, 0.3) is 11.1 Å². The van der Waals surface area contributed by atoms with E-state index in [1.54, 1.807) is 24.5 Å². The summed E-state index contributed by atoms with van der Waals surface area (Å²) >= 11 is 0. The van der Waals surface area contributed by atoms with Crippen molar-refractivity contribution in [1.82, 2.24) is 20.3 Å². The first kappa shape index (κ1) is 26.4. The van der Waals surface area contributed by atoms with Gasteiger partial charge in [0.25, 0.3) is 0 Å². The number of rotatable bonds is 14. The average molecular weight is 495 g/mol. The van der Waals surface area contributed by atoms with Crippen LogP contribution < -0.4 is 15.4 Å². The van der Waals surface area contributed by atoms with E-state index >= 15 is 0 Å². The molecule has 3 rings (SSSR count). The molecule has 0 fully saturated rings. The van der Waals surface area contributed by atoms with Crippen molar-refractivity contribution in [2.24, 2.45) is 0 Å². The molecule has 2 amide bonds. The van der Waals surface area contributed by atoms with E-state index in [1.807, 2.05) is 54.6 Å². The normalized spacial score (nSPS) is 11.2. The zero-order chi connectivity index (χ0) is 24.8. The number of nitrogens with zero attached hydrogens (tertiary/aromatic N) is 1. The fourth-order valence-electron chi connectivity index (χ4n) is 3.75. The molecule has 0 saturated heterocycles. The molecule has 35 heavy (non-hydrogen) atoms. The van der Waals surface area contributed by atoms with Crippen LogP contribution in [-0.4, -0.2) is 32.5 Å². The van der Waals surface area contributed by atoms with Crippen molar-refractivity contribution in [3.05, 3.63) is 84.7 Å². The monoisotopic (exact) mass is 494 g/mol. The number of pyridine rings is 1. The van der Waals surface area contributed by atoms with Gasteiger partial charge in [0.2, 0.25) is 10.0 Å². The molecule has 3 aromatic rings. The van der Waals surface area contributed by atoms with Gasteiger partial charge in [0.1, 0.15) is 0 Å². The van der Waals surface area contributed by atoms with Crippen molar-refractivity contribution in [3.63, 3.8) is 0 Å². The molecule has 0 aliphatic carbocycles. The third-order valence-corrected chi connectivity index (χ3v) is 7.14. The molecule has 0 unspecified atom stereocenters. The lowest BCUT2D eigenvalue weighted by Crippen LogP contribution is -2.35. The third-order valence-electron chi connectivity index (χ3n) is 5.62. The minimum Gasteiger partial charge on any atom is -0.338 e. The van der Waals surface area contributed by atoms with Gasteiger partial charge in [-0.3, -0.25) is 4.98 Å². The highest BCUT2D eigenvalue weighted by Gasteiger charge is 2.18. The lowest BCUT2D eigenvalue weighted by atomic mass is 10.1. The van der Waals surface area contributed by atoms with Crippen molar-refractivity contribution in [2.45, 2.75) is 50.0 Å². The van der Waals surface area contributed by atoms with Gasteiger partial charge in [-0.25, -0.2) is 17.9 Å². The van der Waals surface area contributed by atoms with E-state index in [0.717, 1.165) is 49.7 Å². The number of sulfonamides is 1. The van der Waals surface area contributed by atoms with Crippen LogP contribution in [0.2, 0.25) is 0 Å². The SMILES string of the molecule is O=C(NCCCCCCCCNS(=O)(=O)c1ccccc1-c1ccccc1)NCc1cccnc1. The summed E-state index contributed by atoms with van der Waals surface area (Å²) in [5, 5.41) is 5.68. The second-order valence-corrected chi connectivity index (χ2v) is 10.1. The molecular weight excluding hydrogens is 460 g/mol. The van der Waals surface area contributed by atoms with Crippen LogP contribution in [0, 0.1) is 0 Å². The number of aromatic nitrogens is 1. The number of hydrogen-bond donors (Lipinski definition) is 3. The van der Waals surface area contributed by atoms with Crippen LogP contribution >= 0.6 is 0 Å². The lowest BCUT2D eigenvalue weighted by molar-refractivity contribution is 0.240. The van der Waals surface area contributed by atoms with Crippen molar-refractivity contribution in [3.8, 4) is 11.1 Å². The van der Waals surface area contributed by atoms with Gasteiger partial charge in [-0.15, -0.1) is 0 Å². The van der Waals surface area contributed by atoms with Gasteiger partial charge in [-0.2, -0.15) is 0 Å². The van der Waals surface area contributed by atoms with E-state index in [-0.39, 0.29) is 6.03 Å². The Morgan fingerprint density at radius 1 is 0.743 bits per heavy atom. The number of amides is 2. The van der Waals surface area contributed by atoms with Gasteiger partial charge in [0, 0.05) is 37.6 Å². The highest BCUT2D eigenvalue weighted by Crippen LogP contribution is 2.26. The highest BCUT2D eigenvalue weighted by molar-refractivity contribution is 7.89. The molecule has 1 heterocycles. The Hall–Kier alpha value is -3.23. The van der Waals surface area contributed by atoms with Crippen molar-refractivity contribution in [2.75, 3.05) is 13.1 Å². The van der Waals surface area contributed by atoms with E-state index in [2.05, 4.69) is 20.3 Å². The molecule has 1 aromatic heterocycles. The number of urea groups is 1. The molecule has 0 bridgehead atoms. The molecule has 8 heteroatoms. The number of hydrogen-bond acceptors (Lipinski definition) is 4. The average Bonchev–Trinajstić information content (AvgIpc) is 2.89. The third kappa shape index (κ3) is 9.15. The van der Waals surface area contributed by atoms with E-state index in [4.69, 9.17) is 0 Å². The van der Waals surface area contributed by atoms with E-state index in [9.17, 15) is 13.2 Å². The molecule has 186 valence electrons. The fourth-order valence-corrected chi connectivity index (χ4v) is 5.05. The molecule has 0 spiro atoms. The summed E-state index contributed by atoms with van der Waals surface area (Å²) in [7, 11) is -3.57.